The van der Waals surface area contributed by atoms with Gasteiger partial charge < -0.3 is 0 Å². The lowest BCUT2D eigenvalue weighted by Crippen LogP contribution is -2.25. The predicted octanol–water partition coefficient (Wildman–Crippen LogP) is 8.86. The molecular formula is C28H47N. The Morgan fingerprint density at radius 2 is 1.38 bits per heavy atom. The Labute approximate surface area is 181 Å². The van der Waals surface area contributed by atoms with Crippen LogP contribution >= 0.6 is 0 Å². The quantitative estimate of drug-likeness (QED) is 0.340. The molecule has 0 spiro atoms. The highest BCUT2D eigenvalue weighted by atomic mass is 14.7. The fourth-order valence-corrected chi connectivity index (χ4v) is 6.08. The Bertz CT molecular complexity index is 532. The van der Waals surface area contributed by atoms with Gasteiger partial charge in [-0.1, -0.05) is 77.7 Å². The van der Waals surface area contributed by atoms with Crippen LogP contribution in [0.15, 0.2) is 18.3 Å². The molecule has 3 rings (SSSR count). The minimum Gasteiger partial charge on any atom is -0.261 e. The van der Waals surface area contributed by atoms with Gasteiger partial charge in [0.05, 0.1) is 0 Å². The van der Waals surface area contributed by atoms with E-state index in [4.69, 9.17) is 4.98 Å². The van der Waals surface area contributed by atoms with Crippen LogP contribution in [0.25, 0.3) is 0 Å². The second kappa shape index (κ2) is 12.8. The molecule has 2 aliphatic carbocycles. The SMILES string of the molecule is CCCCCCC[C@H]1CC[C@H]([C@H]2CC[C@H](c3ccc(CCCC)cn3)CC2)CC1. The van der Waals surface area contributed by atoms with Gasteiger partial charge in [0.1, 0.15) is 0 Å². The molecule has 0 aromatic carbocycles. The summed E-state index contributed by atoms with van der Waals surface area (Å²) in [6.07, 6.45) is 26.4. The van der Waals surface area contributed by atoms with Crippen molar-refractivity contribution in [3.05, 3.63) is 29.6 Å². The Balaban J connectivity index is 1.34. The van der Waals surface area contributed by atoms with Crippen LogP contribution in [0, 0.1) is 17.8 Å². The van der Waals surface area contributed by atoms with E-state index in [1.165, 1.54) is 120 Å². The number of rotatable bonds is 11. The van der Waals surface area contributed by atoms with Crippen LogP contribution < -0.4 is 0 Å². The molecule has 0 bridgehead atoms. The first-order chi connectivity index (χ1) is 14.3. The van der Waals surface area contributed by atoms with Crippen LogP contribution in [0.4, 0.5) is 0 Å². The molecule has 2 saturated carbocycles. The standard InChI is InChI=1S/C28H47N/c1-3-5-7-8-9-11-23-12-15-25(16-13-23)26-17-19-27(20-18-26)28-21-14-24(22-29-28)10-6-4-2/h14,21-23,25-27H,3-13,15-20H2,1-2H3/t23-,25-,26-,27-. The fourth-order valence-electron chi connectivity index (χ4n) is 6.08. The number of aromatic nitrogens is 1. The third-order valence-electron chi connectivity index (χ3n) is 8.13. The van der Waals surface area contributed by atoms with Gasteiger partial charge in [-0.05, 0) is 80.8 Å². The summed E-state index contributed by atoms with van der Waals surface area (Å²) in [5, 5.41) is 0. The van der Waals surface area contributed by atoms with Crippen molar-refractivity contribution < 1.29 is 0 Å². The van der Waals surface area contributed by atoms with Gasteiger partial charge in [-0.3, -0.25) is 4.98 Å². The van der Waals surface area contributed by atoms with E-state index >= 15 is 0 Å². The predicted molar refractivity (Wildman–Crippen MR) is 126 cm³/mol. The lowest BCUT2D eigenvalue weighted by atomic mass is 9.68. The molecule has 0 amide bonds. The normalized spacial score (nSPS) is 27.8. The number of aryl methyl sites for hydroxylation is 1. The van der Waals surface area contributed by atoms with E-state index in [0.717, 1.165) is 23.7 Å². The topological polar surface area (TPSA) is 12.9 Å². The van der Waals surface area contributed by atoms with E-state index < -0.39 is 0 Å². The molecule has 1 aromatic heterocycles. The van der Waals surface area contributed by atoms with E-state index in [2.05, 4.69) is 32.2 Å². The van der Waals surface area contributed by atoms with Crippen molar-refractivity contribution >= 4 is 0 Å². The van der Waals surface area contributed by atoms with Gasteiger partial charge in [0.15, 0.2) is 0 Å². The summed E-state index contributed by atoms with van der Waals surface area (Å²) in [7, 11) is 0. The summed E-state index contributed by atoms with van der Waals surface area (Å²) < 4.78 is 0. The molecule has 0 N–H and O–H groups in total. The molecule has 0 atom stereocenters. The van der Waals surface area contributed by atoms with E-state index in [-0.39, 0.29) is 0 Å². The maximum Gasteiger partial charge on any atom is 0.0434 e. The first-order valence-electron chi connectivity index (χ1n) is 13.2. The van der Waals surface area contributed by atoms with Crippen molar-refractivity contribution in [2.45, 2.75) is 129 Å². The van der Waals surface area contributed by atoms with Gasteiger partial charge in [-0.15, -0.1) is 0 Å². The summed E-state index contributed by atoms with van der Waals surface area (Å²) in [6, 6.07) is 4.68. The summed E-state index contributed by atoms with van der Waals surface area (Å²) in [6.45, 7) is 4.58. The number of pyridine rings is 1. The zero-order valence-corrected chi connectivity index (χ0v) is 19.5. The molecule has 1 aromatic rings. The van der Waals surface area contributed by atoms with E-state index in [0.29, 0.717) is 0 Å². The second-order valence-corrected chi connectivity index (χ2v) is 10.3. The molecule has 1 nitrogen and oxygen atoms in total. The minimum atomic E-state index is 0.728. The number of unbranched alkanes of at least 4 members (excludes halogenated alkanes) is 5. The van der Waals surface area contributed by atoms with Crippen LogP contribution in [0.3, 0.4) is 0 Å². The maximum atomic E-state index is 4.85. The van der Waals surface area contributed by atoms with E-state index in [1.807, 2.05) is 0 Å². The van der Waals surface area contributed by atoms with Crippen LogP contribution in [0.2, 0.25) is 0 Å². The molecule has 164 valence electrons. The summed E-state index contributed by atoms with van der Waals surface area (Å²) in [5.41, 5.74) is 2.79. The monoisotopic (exact) mass is 397 g/mol. The lowest BCUT2D eigenvalue weighted by Gasteiger charge is -2.38. The number of hydrogen-bond donors (Lipinski definition) is 0. The van der Waals surface area contributed by atoms with Crippen molar-refractivity contribution in [1.29, 1.82) is 0 Å². The highest BCUT2D eigenvalue weighted by molar-refractivity contribution is 5.17. The van der Waals surface area contributed by atoms with Gasteiger partial charge in [-0.25, -0.2) is 0 Å². The average molecular weight is 398 g/mol. The maximum absolute atomic E-state index is 4.85. The average Bonchev–Trinajstić information content (AvgIpc) is 2.78. The van der Waals surface area contributed by atoms with Crippen molar-refractivity contribution in [1.82, 2.24) is 4.98 Å². The van der Waals surface area contributed by atoms with Crippen LogP contribution in [-0.2, 0) is 6.42 Å². The van der Waals surface area contributed by atoms with Crippen LogP contribution in [-0.4, -0.2) is 4.98 Å². The van der Waals surface area contributed by atoms with E-state index in [9.17, 15) is 0 Å². The zero-order valence-electron chi connectivity index (χ0n) is 19.5. The third-order valence-corrected chi connectivity index (χ3v) is 8.13. The van der Waals surface area contributed by atoms with Gasteiger partial charge in [-0.2, -0.15) is 0 Å². The third kappa shape index (κ3) is 7.41. The van der Waals surface area contributed by atoms with Gasteiger partial charge >= 0.3 is 0 Å². The summed E-state index contributed by atoms with van der Waals surface area (Å²) in [4.78, 5) is 4.85. The Morgan fingerprint density at radius 1 is 0.724 bits per heavy atom. The van der Waals surface area contributed by atoms with E-state index in [1.54, 1.807) is 0 Å². The smallest absolute Gasteiger partial charge is 0.0434 e. The lowest BCUT2D eigenvalue weighted by molar-refractivity contribution is 0.155. The number of hydrogen-bond acceptors (Lipinski definition) is 1. The molecule has 2 fully saturated rings. The first kappa shape index (κ1) is 22.8. The minimum absolute atomic E-state index is 0.728. The van der Waals surface area contributed by atoms with Crippen LogP contribution in [0.5, 0.6) is 0 Å². The molecule has 0 aliphatic heterocycles. The Morgan fingerprint density at radius 3 is 2.00 bits per heavy atom. The van der Waals surface area contributed by atoms with Crippen LogP contribution in [0.1, 0.15) is 134 Å². The van der Waals surface area contributed by atoms with Crippen molar-refractivity contribution in [2.24, 2.45) is 17.8 Å². The van der Waals surface area contributed by atoms with Crippen molar-refractivity contribution in [3.8, 4) is 0 Å². The van der Waals surface area contributed by atoms with Gasteiger partial charge in [0, 0.05) is 17.8 Å². The first-order valence-corrected chi connectivity index (χ1v) is 13.2. The Kier molecular flexibility index (Phi) is 10.0. The van der Waals surface area contributed by atoms with Crippen molar-refractivity contribution in [2.75, 3.05) is 0 Å². The Hall–Kier alpha value is -0.850. The molecule has 0 unspecified atom stereocenters. The highest BCUT2D eigenvalue weighted by Gasteiger charge is 2.31. The summed E-state index contributed by atoms with van der Waals surface area (Å²) in [5.74, 6) is 3.84. The molecule has 29 heavy (non-hydrogen) atoms. The molecule has 0 saturated heterocycles. The van der Waals surface area contributed by atoms with Gasteiger partial charge in [0.25, 0.3) is 0 Å². The molecular weight excluding hydrogens is 350 g/mol. The summed E-state index contributed by atoms with van der Waals surface area (Å²) >= 11 is 0. The molecule has 2 aliphatic rings. The van der Waals surface area contributed by atoms with Gasteiger partial charge in [0.2, 0.25) is 0 Å². The highest BCUT2D eigenvalue weighted by Crippen LogP contribution is 2.44. The van der Waals surface area contributed by atoms with Crippen molar-refractivity contribution in [3.63, 3.8) is 0 Å². The number of nitrogens with zero attached hydrogens (tertiary/aromatic N) is 1. The molecule has 0 radical (unpaired) electrons. The molecule has 1 heterocycles. The fraction of sp³-hybridized carbons (Fsp3) is 0.821. The largest absolute Gasteiger partial charge is 0.261 e. The zero-order chi connectivity index (χ0) is 20.3. The second-order valence-electron chi connectivity index (χ2n) is 10.3. The molecule has 1 heteroatoms.